The molecule has 0 unspecified atom stereocenters. The molecule has 2 aliphatic rings. The van der Waals surface area contributed by atoms with Crippen LogP contribution < -0.4 is 14.8 Å². The maximum absolute atomic E-state index is 13.2. The van der Waals surface area contributed by atoms with Crippen LogP contribution in [0.3, 0.4) is 0 Å². The molecule has 1 N–H and O–H groups in total. The molecule has 2 aromatic rings. The summed E-state index contributed by atoms with van der Waals surface area (Å²) in [4.78, 5) is 36.7. The third kappa shape index (κ3) is 5.69. The van der Waals surface area contributed by atoms with E-state index in [4.69, 9.17) is 14.2 Å². The van der Waals surface area contributed by atoms with Crippen LogP contribution in [0.25, 0.3) is 0 Å². The SMILES string of the molecule is C=CCOC(=O)C1=C(C)N=C2SC=C(CC(=O)NCc3ccncc3)N2[C@H]1c1ccc(OC)c(OC)c1. The van der Waals surface area contributed by atoms with Crippen LogP contribution in [0.2, 0.25) is 0 Å². The Balaban J connectivity index is 1.66. The van der Waals surface area contributed by atoms with Crippen molar-refractivity contribution in [3.8, 4) is 11.5 Å². The van der Waals surface area contributed by atoms with Crippen molar-refractivity contribution < 1.29 is 23.8 Å². The number of carbonyl (C=O) groups is 2. The Bertz CT molecular complexity index is 1290. The number of hydrogen-bond donors (Lipinski definition) is 1. The lowest BCUT2D eigenvalue weighted by atomic mass is 9.93. The number of nitrogens with one attached hydrogen (secondary N) is 1. The number of esters is 1. The van der Waals surface area contributed by atoms with Crippen LogP contribution >= 0.6 is 11.8 Å². The number of benzene rings is 1. The summed E-state index contributed by atoms with van der Waals surface area (Å²) in [5.41, 5.74) is 3.36. The lowest BCUT2D eigenvalue weighted by molar-refractivity contribution is -0.138. The van der Waals surface area contributed by atoms with Gasteiger partial charge in [0.1, 0.15) is 6.61 Å². The zero-order valence-corrected chi connectivity index (χ0v) is 21.7. The fourth-order valence-corrected chi connectivity index (χ4v) is 5.07. The molecule has 4 rings (SSSR count). The first kappa shape index (κ1) is 26.0. The predicted molar refractivity (Wildman–Crippen MR) is 142 cm³/mol. The molecule has 1 aromatic heterocycles. The second-order valence-electron chi connectivity index (χ2n) is 8.20. The van der Waals surface area contributed by atoms with Gasteiger partial charge in [-0.1, -0.05) is 30.5 Å². The van der Waals surface area contributed by atoms with Gasteiger partial charge in [0.05, 0.1) is 38.0 Å². The fourth-order valence-electron chi connectivity index (χ4n) is 4.11. The number of amidine groups is 1. The van der Waals surface area contributed by atoms with Gasteiger partial charge >= 0.3 is 5.97 Å². The topological polar surface area (TPSA) is 102 Å². The van der Waals surface area contributed by atoms with E-state index in [9.17, 15) is 9.59 Å². The molecule has 3 heterocycles. The summed E-state index contributed by atoms with van der Waals surface area (Å²) < 4.78 is 16.4. The molecule has 1 aromatic carbocycles. The fraction of sp³-hybridized carbons (Fsp3) is 0.259. The van der Waals surface area contributed by atoms with E-state index >= 15 is 0 Å². The molecule has 1 atom stereocenters. The quantitative estimate of drug-likeness (QED) is 0.369. The number of hydrogen-bond acceptors (Lipinski definition) is 9. The Morgan fingerprint density at radius 2 is 1.92 bits per heavy atom. The number of pyridine rings is 1. The zero-order valence-electron chi connectivity index (χ0n) is 20.9. The van der Waals surface area contributed by atoms with E-state index in [0.29, 0.717) is 34.5 Å². The summed E-state index contributed by atoms with van der Waals surface area (Å²) in [7, 11) is 3.12. The van der Waals surface area contributed by atoms with Gasteiger partial charge in [-0.05, 0) is 47.7 Å². The van der Waals surface area contributed by atoms with Crippen molar-refractivity contribution in [3.63, 3.8) is 0 Å². The maximum Gasteiger partial charge on any atom is 0.338 e. The monoisotopic (exact) mass is 520 g/mol. The van der Waals surface area contributed by atoms with Gasteiger partial charge in [-0.15, -0.1) is 0 Å². The molecular formula is C27H28N4O5S. The van der Waals surface area contributed by atoms with E-state index < -0.39 is 12.0 Å². The molecule has 0 saturated heterocycles. The number of fused-ring (bicyclic) bond motifs is 1. The van der Waals surface area contributed by atoms with Crippen molar-refractivity contribution in [1.82, 2.24) is 15.2 Å². The molecule has 0 aliphatic carbocycles. The first-order chi connectivity index (χ1) is 18.0. The highest BCUT2D eigenvalue weighted by molar-refractivity contribution is 8.16. The number of carbonyl (C=O) groups excluding carboxylic acids is 2. The molecular weight excluding hydrogens is 492 g/mol. The standard InChI is InChI=1S/C27H28N4O5S/c1-5-12-36-26(33)24-17(2)30-27-31(25(24)19-6-7-21(34-3)22(13-19)35-4)20(16-37-27)14-23(32)29-15-18-8-10-28-11-9-18/h5-11,13,16,25H,1,12,14-15H2,2-4H3,(H,29,32)/t25-/m0/s1. The Morgan fingerprint density at radius 1 is 1.16 bits per heavy atom. The maximum atomic E-state index is 13.2. The first-order valence-corrected chi connectivity index (χ1v) is 12.4. The van der Waals surface area contributed by atoms with Crippen molar-refractivity contribution in [3.05, 3.63) is 88.9 Å². The lowest BCUT2D eigenvalue weighted by Crippen LogP contribution is -2.38. The van der Waals surface area contributed by atoms with Crippen LogP contribution in [0, 0.1) is 0 Å². The van der Waals surface area contributed by atoms with Crippen molar-refractivity contribution in [2.24, 2.45) is 4.99 Å². The van der Waals surface area contributed by atoms with Gasteiger partial charge < -0.3 is 24.4 Å². The largest absolute Gasteiger partial charge is 0.493 e. The average Bonchev–Trinajstić information content (AvgIpc) is 3.31. The number of methoxy groups -OCH3 is 2. The highest BCUT2D eigenvalue weighted by atomic mass is 32.2. The third-order valence-electron chi connectivity index (χ3n) is 5.86. The minimum atomic E-state index is -0.584. The molecule has 2 aliphatic heterocycles. The van der Waals surface area contributed by atoms with Crippen LogP contribution in [-0.4, -0.2) is 47.8 Å². The minimum Gasteiger partial charge on any atom is -0.493 e. The van der Waals surface area contributed by atoms with Gasteiger partial charge in [0.2, 0.25) is 5.91 Å². The Kier molecular flexibility index (Phi) is 8.29. The predicted octanol–water partition coefficient (Wildman–Crippen LogP) is 4.11. The minimum absolute atomic E-state index is 0.0691. The molecule has 0 saturated carbocycles. The van der Waals surface area contributed by atoms with E-state index in [0.717, 1.165) is 16.8 Å². The molecule has 0 radical (unpaired) electrons. The van der Waals surface area contributed by atoms with Gasteiger partial charge in [-0.2, -0.15) is 0 Å². The van der Waals surface area contributed by atoms with E-state index in [1.165, 1.54) is 17.8 Å². The smallest absolute Gasteiger partial charge is 0.338 e. The van der Waals surface area contributed by atoms with E-state index in [2.05, 4.69) is 21.9 Å². The number of rotatable bonds is 10. The van der Waals surface area contributed by atoms with Gasteiger partial charge in [0.15, 0.2) is 16.7 Å². The van der Waals surface area contributed by atoms with E-state index in [-0.39, 0.29) is 18.9 Å². The first-order valence-electron chi connectivity index (χ1n) is 11.6. The number of amides is 1. The van der Waals surface area contributed by atoms with Crippen LogP contribution in [0.4, 0.5) is 0 Å². The Hall–Kier alpha value is -4.05. The lowest BCUT2D eigenvalue weighted by Gasteiger charge is -2.36. The molecule has 0 spiro atoms. The van der Waals surface area contributed by atoms with Crippen LogP contribution in [0.1, 0.15) is 30.5 Å². The van der Waals surface area contributed by atoms with E-state index in [1.807, 2.05) is 34.6 Å². The molecule has 1 amide bonds. The Labute approximate surface area is 219 Å². The van der Waals surface area contributed by atoms with Gasteiger partial charge in [-0.25, -0.2) is 9.79 Å². The summed E-state index contributed by atoms with van der Waals surface area (Å²) in [6.45, 7) is 5.87. The van der Waals surface area contributed by atoms with Crippen molar-refractivity contribution in [2.75, 3.05) is 20.8 Å². The number of thioether (sulfide) groups is 1. The van der Waals surface area contributed by atoms with E-state index in [1.54, 1.807) is 39.6 Å². The van der Waals surface area contributed by atoms with Gasteiger partial charge in [0, 0.05) is 24.6 Å². The van der Waals surface area contributed by atoms with Crippen LogP contribution in [0.5, 0.6) is 11.5 Å². The molecule has 0 bridgehead atoms. The van der Waals surface area contributed by atoms with Gasteiger partial charge in [0.25, 0.3) is 0 Å². The number of allylic oxidation sites excluding steroid dienone is 1. The molecule has 192 valence electrons. The summed E-state index contributed by atoms with van der Waals surface area (Å²) in [5, 5.41) is 5.51. The summed E-state index contributed by atoms with van der Waals surface area (Å²) in [5.74, 6) is 0.430. The Morgan fingerprint density at radius 3 is 2.62 bits per heavy atom. The highest BCUT2D eigenvalue weighted by Gasteiger charge is 2.41. The third-order valence-corrected chi connectivity index (χ3v) is 6.75. The van der Waals surface area contributed by atoms with Crippen molar-refractivity contribution in [1.29, 1.82) is 0 Å². The molecule has 9 nitrogen and oxygen atoms in total. The van der Waals surface area contributed by atoms with Crippen molar-refractivity contribution >= 4 is 28.8 Å². The second kappa shape index (κ2) is 11.8. The number of nitrogens with zero attached hydrogens (tertiary/aromatic N) is 3. The molecule has 37 heavy (non-hydrogen) atoms. The van der Waals surface area contributed by atoms with Crippen LogP contribution in [0.15, 0.2) is 82.7 Å². The second-order valence-corrected chi connectivity index (χ2v) is 9.04. The van der Waals surface area contributed by atoms with Crippen LogP contribution in [-0.2, 0) is 20.9 Å². The highest BCUT2D eigenvalue weighted by Crippen LogP contribution is 2.46. The summed E-state index contributed by atoms with van der Waals surface area (Å²) >= 11 is 1.41. The number of ether oxygens (including phenoxy) is 3. The summed E-state index contributed by atoms with van der Waals surface area (Å²) in [6, 6.07) is 8.59. The summed E-state index contributed by atoms with van der Waals surface area (Å²) in [6.07, 6.45) is 4.99. The number of aromatic nitrogens is 1. The molecule has 0 fully saturated rings. The zero-order chi connectivity index (χ0) is 26.4. The average molecular weight is 521 g/mol. The number of aliphatic imine (C=N–C) groups is 1. The van der Waals surface area contributed by atoms with Crippen molar-refractivity contribution in [2.45, 2.75) is 25.9 Å². The normalized spacial score (nSPS) is 16.4. The molecule has 10 heteroatoms. The van der Waals surface area contributed by atoms with Gasteiger partial charge in [-0.3, -0.25) is 9.78 Å².